The number of carbonyl (C=O) groups excluding carboxylic acids is 1. The fourth-order valence-electron chi connectivity index (χ4n) is 7.79. The highest BCUT2D eigenvalue weighted by Gasteiger charge is 2.88. The summed E-state index contributed by atoms with van der Waals surface area (Å²) in [6.45, 7) is 2.58. The van der Waals surface area contributed by atoms with Gasteiger partial charge in [-0.1, -0.05) is 29.8 Å². The van der Waals surface area contributed by atoms with E-state index in [1.807, 2.05) is 19.1 Å². The molecule has 6 nitrogen and oxygen atoms in total. The number of allylic oxidation sites excluding steroid dienone is 1. The summed E-state index contributed by atoms with van der Waals surface area (Å²) in [5.74, 6) is -0.363. The molecule has 1 aliphatic carbocycles. The van der Waals surface area contributed by atoms with Gasteiger partial charge in [0, 0.05) is 31.6 Å². The first-order valence-corrected chi connectivity index (χ1v) is 10.1. The molecule has 1 aromatic carbocycles. The van der Waals surface area contributed by atoms with Crippen molar-refractivity contribution in [1.82, 2.24) is 4.90 Å². The second-order valence-corrected chi connectivity index (χ2v) is 8.92. The lowest BCUT2D eigenvalue weighted by Gasteiger charge is -2.65. The van der Waals surface area contributed by atoms with Gasteiger partial charge in [-0.3, -0.25) is 9.69 Å². The van der Waals surface area contributed by atoms with Gasteiger partial charge in [-0.15, -0.1) is 0 Å². The minimum absolute atomic E-state index is 0.0485. The number of ether oxygens (including phenoxy) is 2. The maximum Gasteiger partial charge on any atom is 0.315 e. The normalized spacial score (nSPS) is 46.2. The standard InChI is InChI=1S/C22H26N2O4/c1-4-13-11-24-17-9-15(13)20(12-25,19(26)27-3)21-10-18(24)28-22(17,21)23(2)16-8-6-5-7-14(16)21/h4-8,15,17-18,25H,9-12H2,1-3H3/b13-4-. The Bertz CT molecular complexity index is 931. The summed E-state index contributed by atoms with van der Waals surface area (Å²) in [5.41, 5.74) is 1.10. The zero-order valence-corrected chi connectivity index (χ0v) is 16.5. The number of hydrogen-bond donors (Lipinski definition) is 1. The van der Waals surface area contributed by atoms with E-state index in [2.05, 4.69) is 35.1 Å². The smallest absolute Gasteiger partial charge is 0.315 e. The fourth-order valence-corrected chi connectivity index (χ4v) is 7.79. The fraction of sp³-hybridized carbons (Fsp3) is 0.591. The first-order valence-electron chi connectivity index (χ1n) is 10.1. The molecule has 0 aromatic heterocycles. The zero-order chi connectivity index (χ0) is 19.5. The molecule has 1 N–H and O–H groups in total. The Hall–Kier alpha value is -1.89. The molecule has 0 radical (unpaired) electrons. The predicted octanol–water partition coefficient (Wildman–Crippen LogP) is 1.63. The molecule has 6 rings (SSSR count). The number of esters is 1. The van der Waals surface area contributed by atoms with Crippen LogP contribution in [0.5, 0.6) is 0 Å². The second-order valence-electron chi connectivity index (χ2n) is 8.92. The highest BCUT2D eigenvalue weighted by atomic mass is 16.6. The molecule has 6 unspecified atom stereocenters. The summed E-state index contributed by atoms with van der Waals surface area (Å²) in [5, 5.41) is 11.0. The lowest BCUT2D eigenvalue weighted by molar-refractivity contribution is -0.194. The summed E-state index contributed by atoms with van der Waals surface area (Å²) < 4.78 is 12.2. The molecule has 0 amide bonds. The Morgan fingerprint density at radius 2 is 2.21 bits per heavy atom. The number of aliphatic hydroxyl groups excluding tert-OH is 1. The van der Waals surface area contributed by atoms with Crippen LogP contribution in [0.25, 0.3) is 0 Å². The SMILES string of the molecule is C/C=C1/CN2C3CC45c6ccccc6N(C)C4(O3)C2CC1C5(CO)C(=O)OC. The number of aliphatic hydroxyl groups is 1. The van der Waals surface area contributed by atoms with Gasteiger partial charge in [0.2, 0.25) is 0 Å². The van der Waals surface area contributed by atoms with E-state index in [0.717, 1.165) is 24.2 Å². The predicted molar refractivity (Wildman–Crippen MR) is 103 cm³/mol. The van der Waals surface area contributed by atoms with Crippen LogP contribution in [0.4, 0.5) is 5.69 Å². The molecule has 6 heteroatoms. The number of likely N-dealkylation sites (N-methyl/N-ethyl adjacent to an activating group) is 1. The number of para-hydroxylation sites is 1. The van der Waals surface area contributed by atoms with Crippen LogP contribution in [0.1, 0.15) is 25.3 Å². The highest BCUT2D eigenvalue weighted by molar-refractivity contribution is 5.86. The zero-order valence-electron chi connectivity index (χ0n) is 16.5. The van der Waals surface area contributed by atoms with Crippen molar-refractivity contribution in [3.63, 3.8) is 0 Å². The maximum absolute atomic E-state index is 13.6. The van der Waals surface area contributed by atoms with Crippen molar-refractivity contribution in [2.24, 2.45) is 11.3 Å². The van der Waals surface area contributed by atoms with E-state index >= 15 is 0 Å². The van der Waals surface area contributed by atoms with Crippen molar-refractivity contribution < 1.29 is 19.4 Å². The van der Waals surface area contributed by atoms with Crippen LogP contribution in [0, 0.1) is 11.3 Å². The van der Waals surface area contributed by atoms with Crippen molar-refractivity contribution in [3.8, 4) is 0 Å². The Morgan fingerprint density at radius 1 is 1.43 bits per heavy atom. The van der Waals surface area contributed by atoms with Crippen molar-refractivity contribution in [2.45, 2.75) is 43.2 Å². The first-order chi connectivity index (χ1) is 13.5. The van der Waals surface area contributed by atoms with Crippen LogP contribution in [0.2, 0.25) is 0 Å². The second kappa shape index (κ2) is 4.99. The first kappa shape index (κ1) is 17.0. The third kappa shape index (κ3) is 1.34. The number of rotatable bonds is 2. The molecule has 4 heterocycles. The number of piperidine rings is 2. The van der Waals surface area contributed by atoms with Crippen LogP contribution in [-0.4, -0.2) is 61.3 Å². The van der Waals surface area contributed by atoms with Crippen LogP contribution in [0.3, 0.4) is 0 Å². The average molecular weight is 382 g/mol. The summed E-state index contributed by atoms with van der Waals surface area (Å²) in [6.07, 6.45) is 3.58. The van der Waals surface area contributed by atoms with E-state index in [0.29, 0.717) is 6.42 Å². The topological polar surface area (TPSA) is 62.2 Å². The quantitative estimate of drug-likeness (QED) is 0.620. The lowest BCUT2D eigenvalue weighted by atomic mass is 9.42. The van der Waals surface area contributed by atoms with E-state index in [9.17, 15) is 9.90 Å². The van der Waals surface area contributed by atoms with Gasteiger partial charge in [0.1, 0.15) is 11.6 Å². The number of benzene rings is 1. The van der Waals surface area contributed by atoms with Crippen LogP contribution in [0.15, 0.2) is 35.9 Å². The lowest BCUT2D eigenvalue weighted by Crippen LogP contribution is -2.79. The van der Waals surface area contributed by atoms with Gasteiger partial charge in [-0.2, -0.15) is 0 Å². The highest BCUT2D eigenvalue weighted by Crippen LogP contribution is 2.77. The van der Waals surface area contributed by atoms with Crippen molar-refractivity contribution >= 4 is 11.7 Å². The molecule has 1 saturated carbocycles. The summed E-state index contributed by atoms with van der Waals surface area (Å²) in [4.78, 5) is 18.3. The molecule has 1 spiro atoms. The monoisotopic (exact) mass is 382 g/mol. The van der Waals surface area contributed by atoms with Crippen molar-refractivity contribution in [3.05, 3.63) is 41.5 Å². The minimum Gasteiger partial charge on any atom is -0.468 e. The van der Waals surface area contributed by atoms with Gasteiger partial charge in [-0.25, -0.2) is 0 Å². The third-order valence-electron chi connectivity index (χ3n) is 8.65. The molecule has 28 heavy (non-hydrogen) atoms. The van der Waals surface area contributed by atoms with E-state index in [1.165, 1.54) is 12.7 Å². The van der Waals surface area contributed by atoms with Crippen LogP contribution in [-0.2, 0) is 19.7 Å². The molecule has 3 saturated heterocycles. The largest absolute Gasteiger partial charge is 0.468 e. The summed E-state index contributed by atoms with van der Waals surface area (Å²) in [6, 6.07) is 8.49. The summed E-state index contributed by atoms with van der Waals surface area (Å²) >= 11 is 0. The minimum atomic E-state index is -1.05. The van der Waals surface area contributed by atoms with Gasteiger partial charge in [-0.05, 0) is 25.0 Å². The third-order valence-corrected chi connectivity index (χ3v) is 8.65. The molecular formula is C22H26N2O4. The molecule has 5 aliphatic rings. The summed E-state index contributed by atoms with van der Waals surface area (Å²) in [7, 11) is 3.52. The maximum atomic E-state index is 13.6. The number of nitrogens with zero attached hydrogens (tertiary/aromatic N) is 2. The van der Waals surface area contributed by atoms with Crippen LogP contribution < -0.4 is 4.90 Å². The molecule has 4 bridgehead atoms. The number of hydrogen-bond acceptors (Lipinski definition) is 6. The van der Waals surface area contributed by atoms with E-state index in [4.69, 9.17) is 9.47 Å². The van der Waals surface area contributed by atoms with Gasteiger partial charge in [0.05, 0.1) is 25.2 Å². The molecule has 4 fully saturated rings. The van der Waals surface area contributed by atoms with E-state index in [-0.39, 0.29) is 30.8 Å². The number of anilines is 1. The Labute approximate surface area is 164 Å². The molecule has 1 aromatic rings. The Balaban J connectivity index is 1.76. The molecular weight excluding hydrogens is 356 g/mol. The Kier molecular flexibility index (Phi) is 3.03. The van der Waals surface area contributed by atoms with E-state index < -0.39 is 16.6 Å². The van der Waals surface area contributed by atoms with Gasteiger partial charge < -0.3 is 19.5 Å². The van der Waals surface area contributed by atoms with Gasteiger partial charge in [0.15, 0.2) is 5.72 Å². The van der Waals surface area contributed by atoms with E-state index in [1.54, 1.807) is 0 Å². The number of fused-ring (bicyclic) bond motifs is 4. The van der Waals surface area contributed by atoms with Crippen molar-refractivity contribution in [1.29, 1.82) is 0 Å². The van der Waals surface area contributed by atoms with Gasteiger partial charge >= 0.3 is 5.97 Å². The molecule has 4 aliphatic heterocycles. The average Bonchev–Trinajstić information content (AvgIpc) is 3.33. The number of methoxy groups -OCH3 is 1. The Morgan fingerprint density at radius 3 is 2.93 bits per heavy atom. The molecule has 148 valence electrons. The van der Waals surface area contributed by atoms with Crippen LogP contribution >= 0.6 is 0 Å². The number of carbonyl (C=O) groups is 1. The van der Waals surface area contributed by atoms with Crippen molar-refractivity contribution in [2.75, 3.05) is 32.2 Å². The van der Waals surface area contributed by atoms with Gasteiger partial charge in [0.25, 0.3) is 0 Å². The molecule has 6 atom stereocenters.